The van der Waals surface area contributed by atoms with Crippen LogP contribution >= 0.6 is 0 Å². The van der Waals surface area contributed by atoms with Crippen LogP contribution in [-0.4, -0.2) is 32.6 Å². The van der Waals surface area contributed by atoms with E-state index in [1.54, 1.807) is 12.4 Å². The Balaban J connectivity index is 1.51. The highest BCUT2D eigenvalue weighted by Gasteiger charge is 2.42. The van der Waals surface area contributed by atoms with E-state index >= 15 is 0 Å². The van der Waals surface area contributed by atoms with Crippen LogP contribution in [0.1, 0.15) is 59.4 Å². The van der Waals surface area contributed by atoms with Crippen LogP contribution in [0.15, 0.2) is 79.1 Å². The van der Waals surface area contributed by atoms with E-state index in [1.807, 2.05) is 59.5 Å². The Morgan fingerprint density at radius 3 is 2.47 bits per heavy atom. The van der Waals surface area contributed by atoms with Crippen LogP contribution in [0.3, 0.4) is 0 Å². The summed E-state index contributed by atoms with van der Waals surface area (Å²) < 4.78 is 5.91. The molecule has 1 aliphatic heterocycles. The number of aromatic amines is 1. The minimum Gasteiger partial charge on any atom is -0.494 e. The number of nitrogens with one attached hydrogen (secondary N) is 1. The molecule has 2 aromatic carbocycles. The zero-order valence-corrected chi connectivity index (χ0v) is 19.3. The lowest BCUT2D eigenvalue weighted by Gasteiger charge is -2.26. The summed E-state index contributed by atoms with van der Waals surface area (Å²) in [4.78, 5) is 19.5. The summed E-state index contributed by atoms with van der Waals surface area (Å²) in [7, 11) is 0. The second-order valence-electron chi connectivity index (χ2n) is 8.54. The number of hydrogen-bond donors (Lipinski definition) is 1. The van der Waals surface area contributed by atoms with E-state index in [0.29, 0.717) is 18.8 Å². The van der Waals surface area contributed by atoms with E-state index in [9.17, 15) is 4.79 Å². The summed E-state index contributed by atoms with van der Waals surface area (Å²) in [6, 6.07) is 21.8. The average Bonchev–Trinajstić information content (AvgIpc) is 3.43. The first kappa shape index (κ1) is 21.9. The predicted molar refractivity (Wildman–Crippen MR) is 131 cm³/mol. The van der Waals surface area contributed by atoms with Gasteiger partial charge >= 0.3 is 0 Å². The molecule has 5 rings (SSSR count). The van der Waals surface area contributed by atoms with Crippen molar-refractivity contribution in [2.75, 3.05) is 6.61 Å². The third-order valence-electron chi connectivity index (χ3n) is 6.23. The molecule has 1 atom stereocenters. The van der Waals surface area contributed by atoms with Crippen molar-refractivity contribution in [2.45, 2.75) is 38.8 Å². The maximum Gasteiger partial charge on any atom is 0.273 e. The van der Waals surface area contributed by atoms with Crippen molar-refractivity contribution >= 4 is 5.91 Å². The van der Waals surface area contributed by atoms with Crippen molar-refractivity contribution in [3.05, 3.63) is 102 Å². The topological polar surface area (TPSA) is 71.1 Å². The molecule has 1 unspecified atom stereocenters. The Labute approximate surface area is 199 Å². The first-order valence-electron chi connectivity index (χ1n) is 11.8. The van der Waals surface area contributed by atoms with Gasteiger partial charge < -0.3 is 9.64 Å². The van der Waals surface area contributed by atoms with Crippen LogP contribution in [0.4, 0.5) is 0 Å². The minimum absolute atomic E-state index is 0.0496. The number of ether oxygens (including phenoxy) is 1. The Morgan fingerprint density at radius 1 is 0.971 bits per heavy atom. The van der Waals surface area contributed by atoms with Gasteiger partial charge in [-0.05, 0) is 41.8 Å². The van der Waals surface area contributed by atoms with Crippen LogP contribution in [0.5, 0.6) is 5.75 Å². The monoisotopic (exact) mass is 452 g/mol. The lowest BCUT2D eigenvalue weighted by molar-refractivity contribution is 0.0730. The van der Waals surface area contributed by atoms with Gasteiger partial charge in [-0.2, -0.15) is 5.10 Å². The van der Waals surface area contributed by atoms with Crippen LogP contribution in [-0.2, 0) is 6.54 Å². The molecule has 0 bridgehead atoms. The number of rotatable bonds is 9. The summed E-state index contributed by atoms with van der Waals surface area (Å²) in [6.07, 6.45) is 6.89. The van der Waals surface area contributed by atoms with Gasteiger partial charge in [0, 0.05) is 30.1 Å². The van der Waals surface area contributed by atoms with Crippen molar-refractivity contribution in [2.24, 2.45) is 0 Å². The number of fused-ring (bicyclic) bond motifs is 1. The molecule has 34 heavy (non-hydrogen) atoms. The molecule has 0 aliphatic carbocycles. The average molecular weight is 453 g/mol. The molecule has 0 spiro atoms. The summed E-state index contributed by atoms with van der Waals surface area (Å²) in [6.45, 7) is 3.38. The Kier molecular flexibility index (Phi) is 6.38. The zero-order valence-electron chi connectivity index (χ0n) is 19.3. The number of H-pyrrole nitrogens is 1. The number of pyridine rings is 1. The molecule has 0 radical (unpaired) electrons. The summed E-state index contributed by atoms with van der Waals surface area (Å²) >= 11 is 0. The molecule has 2 aromatic heterocycles. The quantitative estimate of drug-likeness (QED) is 0.327. The van der Waals surface area contributed by atoms with Gasteiger partial charge in [-0.15, -0.1) is 0 Å². The van der Waals surface area contributed by atoms with Gasteiger partial charge in [0.05, 0.1) is 18.3 Å². The van der Waals surface area contributed by atoms with Crippen molar-refractivity contribution < 1.29 is 9.53 Å². The third kappa shape index (κ3) is 4.31. The van der Waals surface area contributed by atoms with Crippen LogP contribution in [0.2, 0.25) is 0 Å². The van der Waals surface area contributed by atoms with Gasteiger partial charge in [-0.1, -0.05) is 62.2 Å². The van der Waals surface area contributed by atoms with Gasteiger partial charge in [-0.25, -0.2) is 0 Å². The first-order chi connectivity index (χ1) is 16.8. The fraction of sp³-hybridized carbons (Fsp3) is 0.250. The molecule has 6 nitrogen and oxygen atoms in total. The van der Waals surface area contributed by atoms with E-state index in [1.165, 1.54) is 6.42 Å². The molecule has 1 N–H and O–H groups in total. The van der Waals surface area contributed by atoms with E-state index in [2.05, 4.69) is 34.2 Å². The van der Waals surface area contributed by atoms with Gasteiger partial charge in [0.1, 0.15) is 11.4 Å². The van der Waals surface area contributed by atoms with E-state index in [4.69, 9.17) is 4.74 Å². The Hall–Kier alpha value is -3.93. The number of carbonyl (C=O) groups is 1. The fourth-order valence-corrected chi connectivity index (χ4v) is 4.50. The SMILES string of the molecule is CCCCCOc1ccc(C2c3c(-c4ccccc4)n[nH]c3C(=O)N2Cc2ccncc2)cc1. The Bertz CT molecular complexity index is 1240. The van der Waals surface area contributed by atoms with Crippen molar-refractivity contribution in [3.8, 4) is 17.0 Å². The molecule has 3 heterocycles. The standard InChI is InChI=1S/C28H28N4O2/c1-2-3-7-18-34-23-12-10-22(11-13-23)27-24-25(21-8-5-4-6-9-21)30-31-26(24)28(33)32(27)19-20-14-16-29-17-15-20/h4-6,8-17,27H,2-3,7,18-19H2,1H3,(H,30,31). The molecular weight excluding hydrogens is 424 g/mol. The van der Waals surface area contributed by atoms with Crippen LogP contribution < -0.4 is 4.74 Å². The normalized spacial score (nSPS) is 14.9. The maximum atomic E-state index is 13.5. The number of amides is 1. The largest absolute Gasteiger partial charge is 0.494 e. The maximum absolute atomic E-state index is 13.5. The van der Waals surface area contributed by atoms with Crippen molar-refractivity contribution in [1.82, 2.24) is 20.1 Å². The van der Waals surface area contributed by atoms with Gasteiger partial charge in [-0.3, -0.25) is 14.9 Å². The van der Waals surface area contributed by atoms with E-state index < -0.39 is 0 Å². The first-order valence-corrected chi connectivity index (χ1v) is 11.8. The summed E-state index contributed by atoms with van der Waals surface area (Å²) in [5.41, 5.74) is 5.33. The summed E-state index contributed by atoms with van der Waals surface area (Å²) in [5.74, 6) is 0.798. The van der Waals surface area contributed by atoms with E-state index in [-0.39, 0.29) is 11.9 Å². The molecule has 172 valence electrons. The molecule has 6 heteroatoms. The zero-order chi connectivity index (χ0) is 23.3. The highest BCUT2D eigenvalue weighted by atomic mass is 16.5. The number of hydrogen-bond acceptors (Lipinski definition) is 4. The van der Waals surface area contributed by atoms with Gasteiger partial charge in [0.25, 0.3) is 5.91 Å². The fourth-order valence-electron chi connectivity index (χ4n) is 4.50. The van der Waals surface area contributed by atoms with E-state index in [0.717, 1.165) is 46.5 Å². The molecule has 1 aliphatic rings. The third-order valence-corrected chi connectivity index (χ3v) is 6.23. The number of carbonyl (C=O) groups excluding carboxylic acids is 1. The van der Waals surface area contributed by atoms with Crippen molar-refractivity contribution in [1.29, 1.82) is 0 Å². The molecule has 1 amide bonds. The highest BCUT2D eigenvalue weighted by Crippen LogP contribution is 2.43. The molecular formula is C28H28N4O2. The molecule has 0 saturated heterocycles. The van der Waals surface area contributed by atoms with Gasteiger partial charge in [0.2, 0.25) is 0 Å². The second kappa shape index (κ2) is 9.91. The van der Waals surface area contributed by atoms with Crippen molar-refractivity contribution in [3.63, 3.8) is 0 Å². The minimum atomic E-state index is -0.251. The smallest absolute Gasteiger partial charge is 0.273 e. The lowest BCUT2D eigenvalue weighted by atomic mass is 9.96. The van der Waals surface area contributed by atoms with Crippen LogP contribution in [0.25, 0.3) is 11.3 Å². The number of aromatic nitrogens is 3. The summed E-state index contributed by atoms with van der Waals surface area (Å²) in [5, 5.41) is 7.57. The Morgan fingerprint density at radius 2 is 1.74 bits per heavy atom. The number of benzene rings is 2. The highest BCUT2D eigenvalue weighted by molar-refractivity contribution is 6.00. The molecule has 4 aromatic rings. The van der Waals surface area contributed by atoms with Crippen LogP contribution in [0, 0.1) is 0 Å². The second-order valence-corrected chi connectivity index (χ2v) is 8.54. The lowest BCUT2D eigenvalue weighted by Crippen LogP contribution is -2.29. The number of nitrogens with zero attached hydrogens (tertiary/aromatic N) is 3. The number of unbranched alkanes of at least 4 members (excludes halogenated alkanes) is 2. The molecule has 0 saturated carbocycles. The van der Waals surface area contributed by atoms with Gasteiger partial charge in [0.15, 0.2) is 0 Å². The predicted octanol–water partition coefficient (Wildman–Crippen LogP) is 5.79. The molecule has 0 fully saturated rings.